The van der Waals surface area contributed by atoms with Crippen LogP contribution < -0.4 is 20.3 Å². The summed E-state index contributed by atoms with van der Waals surface area (Å²) in [7, 11) is -4.71. The van der Waals surface area contributed by atoms with Gasteiger partial charge < -0.3 is 19.7 Å². The fraction of sp³-hybridized carbons (Fsp3) is 0.550. The van der Waals surface area contributed by atoms with Gasteiger partial charge in [0.15, 0.2) is 5.82 Å². The van der Waals surface area contributed by atoms with Crippen LogP contribution in [0.2, 0.25) is 0 Å². The van der Waals surface area contributed by atoms with E-state index in [0.717, 1.165) is 12.8 Å². The van der Waals surface area contributed by atoms with Crippen LogP contribution in [0, 0.1) is 22.5 Å². The molecule has 2 aliphatic heterocycles. The van der Waals surface area contributed by atoms with Crippen molar-refractivity contribution in [2.75, 3.05) is 29.9 Å². The van der Waals surface area contributed by atoms with Gasteiger partial charge in [0.05, 0.1) is 18.1 Å². The largest absolute Gasteiger partial charge is 0.463 e. The van der Waals surface area contributed by atoms with E-state index >= 15 is 8.78 Å². The molecule has 0 spiro atoms. The molecule has 1 aliphatic carbocycles. The van der Waals surface area contributed by atoms with Crippen molar-refractivity contribution in [3.05, 3.63) is 47.7 Å². The number of halogens is 2. The van der Waals surface area contributed by atoms with Gasteiger partial charge in [0.25, 0.3) is 0 Å². The van der Waals surface area contributed by atoms with Gasteiger partial charge in [-0.2, -0.15) is 18.4 Å². The molecule has 4 aromatic rings. The number of fused-ring (bicyclic) bond motifs is 4. The van der Waals surface area contributed by atoms with E-state index in [-0.39, 0.29) is 46.4 Å². The van der Waals surface area contributed by atoms with E-state index in [1.165, 1.54) is 12.3 Å². The minimum absolute atomic E-state index is 0.0492. The summed E-state index contributed by atoms with van der Waals surface area (Å²) in [6.45, 7) is 16.3. The minimum atomic E-state index is -4.71. The van der Waals surface area contributed by atoms with Crippen molar-refractivity contribution in [1.29, 1.82) is 0 Å². The van der Waals surface area contributed by atoms with Crippen molar-refractivity contribution in [2.45, 2.75) is 111 Å². The summed E-state index contributed by atoms with van der Waals surface area (Å²) < 4.78 is 81.8. The molecule has 2 saturated heterocycles. The number of hydrogen-bond donors (Lipinski definition) is 3. The summed E-state index contributed by atoms with van der Waals surface area (Å²) in [6, 6.07) is 6.18. The molecule has 1 amide bonds. The van der Waals surface area contributed by atoms with Gasteiger partial charge in [-0.05, 0) is 99.7 Å². The molecule has 2 aromatic carbocycles. The number of benzene rings is 2. The van der Waals surface area contributed by atoms with Gasteiger partial charge >= 0.3 is 22.5 Å². The first-order chi connectivity index (χ1) is 26.1. The smallest absolute Gasteiger partial charge is 0.412 e. The van der Waals surface area contributed by atoms with Gasteiger partial charge in [-0.3, -0.25) is 14.9 Å². The van der Waals surface area contributed by atoms with E-state index in [4.69, 9.17) is 18.6 Å². The number of rotatable bonds is 10. The van der Waals surface area contributed by atoms with Gasteiger partial charge in [-0.25, -0.2) is 17.8 Å². The van der Waals surface area contributed by atoms with Crippen LogP contribution in [0.3, 0.4) is 0 Å². The molecular formula is C40H50F2N6O7S. The number of nitrogens with one attached hydrogen (secondary N) is 2. The lowest BCUT2D eigenvalue weighted by atomic mass is 9.72. The van der Waals surface area contributed by atoms with E-state index in [1.807, 2.05) is 0 Å². The number of carbonyl (C=O) groups is 1. The highest BCUT2D eigenvalue weighted by Gasteiger charge is 2.53. The number of pyridine rings is 1. The Hall–Kier alpha value is -4.25. The maximum absolute atomic E-state index is 17.4. The maximum Gasteiger partial charge on any atom is 0.412 e. The Kier molecular flexibility index (Phi) is 9.99. The van der Waals surface area contributed by atoms with Crippen LogP contribution in [-0.4, -0.2) is 77.0 Å². The Morgan fingerprint density at radius 3 is 2.50 bits per heavy atom. The summed E-state index contributed by atoms with van der Waals surface area (Å²) in [5.74, 6) is -0.827. The molecule has 13 nitrogen and oxygen atoms in total. The summed E-state index contributed by atoms with van der Waals surface area (Å²) >= 11 is 0. The SMILES string of the molecule is CCc1c(F)ccc2cc(NC(=O)OC(C)(C)C)cc(-c3ncc4c(N5CC6CCC(C(C)(C)C)(C5)N6)nc(OCC5(C(C)OS(=O)(=O)O)CC5)nc4c3F)c12. The van der Waals surface area contributed by atoms with Crippen LogP contribution in [0.5, 0.6) is 6.01 Å². The molecule has 16 heteroatoms. The van der Waals surface area contributed by atoms with Gasteiger partial charge in [-0.15, -0.1) is 0 Å². The maximum atomic E-state index is 17.4. The summed E-state index contributed by atoms with van der Waals surface area (Å²) in [4.78, 5) is 29.1. The van der Waals surface area contributed by atoms with Crippen molar-refractivity contribution in [1.82, 2.24) is 20.3 Å². The molecular weight excluding hydrogens is 747 g/mol. The average Bonchev–Trinajstić information content (AvgIpc) is 3.82. The lowest BCUT2D eigenvalue weighted by Crippen LogP contribution is -2.65. The second-order valence-electron chi connectivity index (χ2n) is 17.6. The molecule has 3 atom stereocenters. The highest BCUT2D eigenvalue weighted by molar-refractivity contribution is 7.80. The molecule has 2 bridgehead atoms. The van der Waals surface area contributed by atoms with Crippen LogP contribution >= 0.6 is 0 Å². The van der Waals surface area contributed by atoms with Gasteiger partial charge in [-0.1, -0.05) is 33.8 Å². The highest BCUT2D eigenvalue weighted by atomic mass is 32.3. The number of aryl methyl sites for hydroxylation is 1. The molecule has 0 radical (unpaired) electrons. The predicted octanol–water partition coefficient (Wildman–Crippen LogP) is 7.76. The molecule has 7 rings (SSSR count). The van der Waals surface area contributed by atoms with Crippen LogP contribution in [-0.2, 0) is 25.7 Å². The fourth-order valence-electron chi connectivity index (χ4n) is 8.24. The van der Waals surface area contributed by atoms with Crippen LogP contribution in [0.1, 0.15) is 86.6 Å². The Bertz CT molecular complexity index is 2330. The zero-order chi connectivity index (χ0) is 40.6. The number of carbonyl (C=O) groups excluding carboxylic acids is 1. The summed E-state index contributed by atoms with van der Waals surface area (Å²) in [5.41, 5.74) is -1.18. The first-order valence-electron chi connectivity index (χ1n) is 19.0. The molecule has 4 heterocycles. The van der Waals surface area contributed by atoms with Gasteiger partial charge in [0.1, 0.15) is 28.4 Å². The highest BCUT2D eigenvalue weighted by Crippen LogP contribution is 2.51. The van der Waals surface area contributed by atoms with E-state index < -0.39 is 45.2 Å². The Labute approximate surface area is 325 Å². The topological polar surface area (TPSA) is 165 Å². The van der Waals surface area contributed by atoms with Crippen molar-refractivity contribution >= 4 is 49.7 Å². The number of ether oxygens (including phenoxy) is 2. The number of amides is 1. The standard InChI is InChI=1S/C40H50F2N6O7S/c1-9-26-29(41)11-10-23-16-25(44-36(49)54-38(6,7)8)17-27(30(23)26)32-31(42)33-28(18-43-32)34(48-19-24-12-13-40(20-48,47-24)37(3,4)5)46-35(45-33)53-21-39(14-15-39)22(2)55-56(50,51)52/h10-11,16-18,22,24,47H,9,12-15,19-21H2,1-8H3,(H,44,49)(H,50,51,52). The van der Waals surface area contributed by atoms with Crippen molar-refractivity contribution in [3.63, 3.8) is 0 Å². The normalized spacial score (nSPS) is 21.3. The predicted molar refractivity (Wildman–Crippen MR) is 209 cm³/mol. The summed E-state index contributed by atoms with van der Waals surface area (Å²) in [6.07, 6.45) is 3.26. The van der Waals surface area contributed by atoms with Gasteiger partial charge in [0, 0.05) is 47.5 Å². The average molecular weight is 797 g/mol. The molecule has 302 valence electrons. The van der Waals surface area contributed by atoms with E-state index in [1.54, 1.807) is 52.8 Å². The van der Waals surface area contributed by atoms with E-state index in [0.29, 0.717) is 65.6 Å². The second kappa shape index (κ2) is 14.0. The van der Waals surface area contributed by atoms with Crippen LogP contribution in [0.15, 0.2) is 30.5 Å². The lowest BCUT2D eigenvalue weighted by molar-refractivity contribution is 0.0635. The lowest BCUT2D eigenvalue weighted by Gasteiger charge is -2.49. The van der Waals surface area contributed by atoms with E-state index in [2.05, 4.69) is 46.3 Å². The number of hydrogen-bond acceptors (Lipinski definition) is 11. The number of anilines is 2. The van der Waals surface area contributed by atoms with Crippen molar-refractivity contribution in [2.24, 2.45) is 10.8 Å². The Balaban J connectivity index is 1.38. The third-order valence-corrected chi connectivity index (χ3v) is 12.1. The molecule has 3 aliphatic rings. The third kappa shape index (κ3) is 7.72. The fourth-order valence-corrected chi connectivity index (χ4v) is 8.81. The molecule has 56 heavy (non-hydrogen) atoms. The number of aromatic nitrogens is 3. The van der Waals surface area contributed by atoms with Crippen molar-refractivity contribution < 1.29 is 40.2 Å². The quantitative estimate of drug-likeness (QED) is 0.134. The van der Waals surface area contributed by atoms with Crippen LogP contribution in [0.25, 0.3) is 32.9 Å². The zero-order valence-electron chi connectivity index (χ0n) is 33.0. The number of nitrogens with zero attached hydrogens (tertiary/aromatic N) is 4. The minimum Gasteiger partial charge on any atom is -0.463 e. The molecule has 1 saturated carbocycles. The molecule has 3 fully saturated rings. The first kappa shape index (κ1) is 40.0. The number of piperazine rings is 1. The third-order valence-electron chi connectivity index (χ3n) is 11.6. The molecule has 3 N–H and O–H groups in total. The van der Waals surface area contributed by atoms with E-state index in [9.17, 15) is 17.8 Å². The van der Waals surface area contributed by atoms with Crippen LogP contribution in [0.4, 0.5) is 25.1 Å². The Morgan fingerprint density at radius 2 is 1.86 bits per heavy atom. The first-order valence-corrected chi connectivity index (χ1v) is 20.4. The Morgan fingerprint density at radius 1 is 1.12 bits per heavy atom. The second-order valence-corrected chi connectivity index (χ2v) is 18.6. The summed E-state index contributed by atoms with van der Waals surface area (Å²) in [5, 5.41) is 7.91. The van der Waals surface area contributed by atoms with Crippen molar-refractivity contribution in [3.8, 4) is 17.3 Å². The molecule has 3 unspecified atom stereocenters. The molecule has 2 aromatic heterocycles. The monoisotopic (exact) mass is 796 g/mol. The zero-order valence-corrected chi connectivity index (χ0v) is 33.9. The van der Waals surface area contributed by atoms with Gasteiger partial charge in [0.2, 0.25) is 0 Å².